The first kappa shape index (κ1) is 12.1. The smallest absolute Gasteiger partial charge is 0.235 e. The van der Waals surface area contributed by atoms with Crippen LogP contribution in [-0.4, -0.2) is 30.4 Å². The highest BCUT2D eigenvalue weighted by Gasteiger charge is 2.10. The van der Waals surface area contributed by atoms with Crippen LogP contribution in [-0.2, 0) is 14.4 Å². The van der Waals surface area contributed by atoms with Crippen LogP contribution in [0.25, 0.3) is 0 Å². The molecule has 13 heavy (non-hydrogen) atoms. The summed E-state index contributed by atoms with van der Waals surface area (Å²) in [7, 11) is 0. The fraction of sp³-hybridized carbons (Fsp3) is 0.625. The Balaban J connectivity index is 3.68. The molecule has 0 aromatic heterocycles. The van der Waals surface area contributed by atoms with Crippen molar-refractivity contribution >= 4 is 30.1 Å². The first-order valence-electron chi connectivity index (χ1n) is 3.82. The minimum atomic E-state index is -0.667. The van der Waals surface area contributed by atoms with Gasteiger partial charge in [0.25, 0.3) is 0 Å². The largest absolute Gasteiger partial charge is 0.345 e. The molecule has 0 aliphatic rings. The molecule has 2 radical (unpaired) electrons. The number of hydrogen-bond acceptors (Lipinski definition) is 3. The molecule has 4 nitrogen and oxygen atoms in total. The van der Waals surface area contributed by atoms with Crippen LogP contribution in [0.4, 0.5) is 0 Å². The van der Waals surface area contributed by atoms with Gasteiger partial charge in [-0.05, 0) is 12.8 Å². The molecule has 0 aromatic carbocycles. The molecule has 0 spiro atoms. The maximum atomic E-state index is 10.7. The second-order valence-electron chi connectivity index (χ2n) is 2.41. The highest BCUT2D eigenvalue weighted by molar-refractivity contribution is 6.27. The molecule has 1 amide bonds. The van der Waals surface area contributed by atoms with Gasteiger partial charge in [0.05, 0.1) is 6.04 Å². The molecule has 0 fully saturated rings. The average Bonchev–Trinajstić information content (AvgIpc) is 2.16. The van der Waals surface area contributed by atoms with Crippen LogP contribution in [0.15, 0.2) is 0 Å². The first-order valence-corrected chi connectivity index (χ1v) is 4.36. The van der Waals surface area contributed by atoms with Gasteiger partial charge in [-0.25, -0.2) is 0 Å². The van der Waals surface area contributed by atoms with Crippen LogP contribution >= 0.6 is 11.6 Å². The summed E-state index contributed by atoms with van der Waals surface area (Å²) in [6.07, 6.45) is 4.51. The van der Waals surface area contributed by atoms with Crippen LogP contribution in [0.3, 0.4) is 0 Å². The van der Waals surface area contributed by atoms with Crippen LogP contribution in [0.1, 0.15) is 19.3 Å². The average molecular weight is 204 g/mol. The Hall–Kier alpha value is -0.900. The van der Waals surface area contributed by atoms with Crippen molar-refractivity contribution in [3.63, 3.8) is 0 Å². The summed E-state index contributed by atoms with van der Waals surface area (Å²) < 4.78 is 0. The number of halogens is 1. The number of unbranched alkanes of at least 4 members (excludes halogenated alkanes) is 1. The molecule has 0 aliphatic carbocycles. The lowest BCUT2D eigenvalue weighted by atomic mass is 10.1. The standard InChI is InChI=1S/C8H10ClNO3/c9-5-8(13)10-7(6-12)3-1-2-4-11/h7H,1-3,5H2,(H,10,13). The summed E-state index contributed by atoms with van der Waals surface area (Å²) in [6, 6.07) is -0.667. The molecule has 0 heterocycles. The quantitative estimate of drug-likeness (QED) is 0.472. The van der Waals surface area contributed by atoms with Gasteiger partial charge in [0.2, 0.25) is 12.2 Å². The number of rotatable bonds is 7. The Labute approximate surface area is 81.6 Å². The van der Waals surface area contributed by atoms with E-state index < -0.39 is 11.9 Å². The monoisotopic (exact) mass is 203 g/mol. The van der Waals surface area contributed by atoms with E-state index in [4.69, 9.17) is 11.6 Å². The van der Waals surface area contributed by atoms with Gasteiger partial charge in [0.1, 0.15) is 5.88 Å². The fourth-order valence-corrected chi connectivity index (χ4v) is 0.849. The third-order valence-corrected chi connectivity index (χ3v) is 1.61. The van der Waals surface area contributed by atoms with E-state index in [1.807, 2.05) is 0 Å². The lowest BCUT2D eigenvalue weighted by Crippen LogP contribution is -2.36. The minimum absolute atomic E-state index is 0.183. The van der Waals surface area contributed by atoms with E-state index in [0.29, 0.717) is 12.8 Å². The van der Waals surface area contributed by atoms with Gasteiger partial charge in [-0.1, -0.05) is 0 Å². The van der Waals surface area contributed by atoms with E-state index in [1.54, 1.807) is 12.6 Å². The van der Waals surface area contributed by atoms with Crippen molar-refractivity contribution < 1.29 is 14.4 Å². The zero-order valence-corrected chi connectivity index (χ0v) is 7.76. The Morgan fingerprint density at radius 3 is 2.62 bits per heavy atom. The van der Waals surface area contributed by atoms with Crippen molar-refractivity contribution in [1.82, 2.24) is 5.32 Å². The second-order valence-corrected chi connectivity index (χ2v) is 2.68. The maximum Gasteiger partial charge on any atom is 0.235 e. The molecular formula is C8H10ClNO3. The molecule has 0 saturated carbocycles. The molecular weight excluding hydrogens is 194 g/mol. The van der Waals surface area contributed by atoms with Crippen LogP contribution in [0.2, 0.25) is 0 Å². The summed E-state index contributed by atoms with van der Waals surface area (Å²) in [5.41, 5.74) is 0. The Bertz CT molecular complexity index is 184. The SMILES string of the molecule is O=[C]CCCC([C]=O)NC(=O)CCl. The highest BCUT2D eigenvalue weighted by atomic mass is 35.5. The second kappa shape index (κ2) is 7.73. The third kappa shape index (κ3) is 6.28. The van der Waals surface area contributed by atoms with Gasteiger partial charge in [-0.2, -0.15) is 0 Å². The number of alkyl halides is 1. The zero-order chi connectivity index (χ0) is 10.1. The molecule has 0 bridgehead atoms. The minimum Gasteiger partial charge on any atom is -0.345 e. The Kier molecular flexibility index (Phi) is 7.20. The summed E-state index contributed by atoms with van der Waals surface area (Å²) in [6.45, 7) is 0. The van der Waals surface area contributed by atoms with Gasteiger partial charge in [-0.3, -0.25) is 14.4 Å². The molecule has 0 aromatic rings. The van der Waals surface area contributed by atoms with Crippen molar-refractivity contribution in [3.05, 3.63) is 0 Å². The predicted octanol–water partition coefficient (Wildman–Crippen LogP) is 0.0997. The number of carbonyl (C=O) groups is 1. The van der Waals surface area contributed by atoms with E-state index in [9.17, 15) is 14.4 Å². The van der Waals surface area contributed by atoms with E-state index in [1.165, 1.54) is 0 Å². The van der Waals surface area contributed by atoms with E-state index >= 15 is 0 Å². The molecule has 0 saturated heterocycles. The predicted molar refractivity (Wildman–Crippen MR) is 47.9 cm³/mol. The Morgan fingerprint density at radius 1 is 1.46 bits per heavy atom. The summed E-state index contributed by atoms with van der Waals surface area (Å²) >= 11 is 5.21. The summed E-state index contributed by atoms with van der Waals surface area (Å²) in [5.74, 6) is -0.594. The molecule has 5 heteroatoms. The fourth-order valence-electron chi connectivity index (χ4n) is 0.772. The number of nitrogens with one attached hydrogen (secondary N) is 1. The molecule has 72 valence electrons. The summed E-state index contributed by atoms with van der Waals surface area (Å²) in [4.78, 5) is 30.8. The number of hydrogen-bond donors (Lipinski definition) is 1. The van der Waals surface area contributed by atoms with Crippen LogP contribution in [0, 0.1) is 0 Å². The van der Waals surface area contributed by atoms with Gasteiger partial charge in [0.15, 0.2) is 6.29 Å². The van der Waals surface area contributed by atoms with Crippen LogP contribution in [0.5, 0.6) is 0 Å². The molecule has 0 aliphatic heterocycles. The molecule has 1 N–H and O–H groups in total. The van der Waals surface area contributed by atoms with Crippen molar-refractivity contribution in [2.45, 2.75) is 25.3 Å². The van der Waals surface area contributed by atoms with Gasteiger partial charge in [-0.15, -0.1) is 11.6 Å². The first-order chi connectivity index (χ1) is 6.24. The number of carbonyl (C=O) groups excluding carboxylic acids is 3. The molecule has 0 rings (SSSR count). The van der Waals surface area contributed by atoms with Gasteiger partial charge in [0, 0.05) is 6.42 Å². The zero-order valence-electron chi connectivity index (χ0n) is 7.01. The normalized spacial score (nSPS) is 11.8. The van der Waals surface area contributed by atoms with Crippen molar-refractivity contribution in [2.75, 3.05) is 5.88 Å². The van der Waals surface area contributed by atoms with Gasteiger partial charge < -0.3 is 5.32 Å². The van der Waals surface area contributed by atoms with E-state index in [0.717, 1.165) is 0 Å². The maximum absolute atomic E-state index is 10.7. The van der Waals surface area contributed by atoms with Crippen LogP contribution < -0.4 is 5.32 Å². The topological polar surface area (TPSA) is 63.2 Å². The lowest BCUT2D eigenvalue weighted by molar-refractivity contribution is -0.119. The van der Waals surface area contributed by atoms with E-state index in [2.05, 4.69) is 5.32 Å². The number of amides is 1. The lowest BCUT2D eigenvalue weighted by Gasteiger charge is -2.08. The summed E-state index contributed by atoms with van der Waals surface area (Å²) in [5, 5.41) is 2.35. The van der Waals surface area contributed by atoms with Crippen molar-refractivity contribution in [3.8, 4) is 0 Å². The Morgan fingerprint density at radius 2 is 2.15 bits per heavy atom. The van der Waals surface area contributed by atoms with Crippen molar-refractivity contribution in [2.24, 2.45) is 0 Å². The highest BCUT2D eigenvalue weighted by Crippen LogP contribution is 1.97. The van der Waals surface area contributed by atoms with E-state index in [-0.39, 0.29) is 12.3 Å². The van der Waals surface area contributed by atoms with Gasteiger partial charge >= 0.3 is 0 Å². The van der Waals surface area contributed by atoms with Crippen molar-refractivity contribution in [1.29, 1.82) is 0 Å². The third-order valence-electron chi connectivity index (χ3n) is 1.37. The molecule has 1 atom stereocenters. The molecule has 1 unspecified atom stereocenters.